The molecule has 0 N–H and O–H groups in total. The van der Waals surface area contributed by atoms with Gasteiger partial charge in [-0.3, -0.25) is 8.97 Å². The Morgan fingerprint density at radius 3 is 1.98 bits per heavy atom. The number of imidazole rings is 2. The third kappa shape index (κ3) is 3.29. The lowest BCUT2D eigenvalue weighted by atomic mass is 9.48. The van der Waals surface area contributed by atoms with Gasteiger partial charge in [0.15, 0.2) is 0 Å². The number of nitrogens with zero attached hydrogens (tertiary/aromatic N) is 4. The molecule has 45 heavy (non-hydrogen) atoms. The topological polar surface area (TPSA) is 27.2 Å². The zero-order valence-corrected chi connectivity index (χ0v) is 25.2. The van der Waals surface area contributed by atoms with Crippen molar-refractivity contribution in [1.29, 1.82) is 0 Å². The first-order valence-corrected chi connectivity index (χ1v) is 16.7. The highest BCUT2D eigenvalue weighted by molar-refractivity contribution is 6.10. The Balaban J connectivity index is 1.16. The molecule has 3 aromatic heterocycles. The van der Waals surface area contributed by atoms with Gasteiger partial charge in [0.05, 0.1) is 33.1 Å². The van der Waals surface area contributed by atoms with Crippen LogP contribution in [0.4, 0.5) is 0 Å². The Labute approximate surface area is 261 Å². The molecule has 4 heteroatoms. The molecule has 4 bridgehead atoms. The van der Waals surface area contributed by atoms with E-state index in [1.54, 1.807) is 5.56 Å². The van der Waals surface area contributed by atoms with E-state index in [0.717, 1.165) is 51.3 Å². The second-order valence-electron chi connectivity index (χ2n) is 14.4. The first-order valence-electron chi connectivity index (χ1n) is 16.7. The monoisotopic (exact) mass is 582 g/mol. The van der Waals surface area contributed by atoms with Crippen molar-refractivity contribution in [2.24, 2.45) is 17.8 Å². The van der Waals surface area contributed by atoms with E-state index in [1.807, 2.05) is 0 Å². The molecule has 0 unspecified atom stereocenters. The van der Waals surface area contributed by atoms with Crippen LogP contribution in [0.15, 0.2) is 115 Å². The second kappa shape index (κ2) is 8.66. The van der Waals surface area contributed by atoms with Crippen molar-refractivity contribution in [3.8, 4) is 11.4 Å². The molecule has 4 aliphatic carbocycles. The number of rotatable bonds is 3. The minimum atomic E-state index is 0.388. The number of hydrogen-bond donors (Lipinski definition) is 0. The maximum Gasteiger partial charge on any atom is 0.220 e. The average molecular weight is 583 g/mol. The van der Waals surface area contributed by atoms with Gasteiger partial charge in [-0.1, -0.05) is 54.6 Å². The summed E-state index contributed by atoms with van der Waals surface area (Å²) in [6, 6.07) is 42.6. The van der Waals surface area contributed by atoms with Gasteiger partial charge in [-0.05, 0) is 128 Å². The van der Waals surface area contributed by atoms with Gasteiger partial charge in [0.25, 0.3) is 0 Å². The molecule has 4 saturated carbocycles. The second-order valence-corrected chi connectivity index (χ2v) is 14.4. The van der Waals surface area contributed by atoms with Crippen LogP contribution in [-0.4, -0.2) is 18.5 Å². The molecule has 0 spiro atoms. The summed E-state index contributed by atoms with van der Waals surface area (Å²) in [4.78, 5) is 5.13. The summed E-state index contributed by atoms with van der Waals surface area (Å²) in [6.45, 7) is 0. The summed E-state index contributed by atoms with van der Waals surface area (Å²) in [6.07, 6.45) is 8.63. The Bertz CT molecular complexity index is 2440. The van der Waals surface area contributed by atoms with Gasteiger partial charge in [0.1, 0.15) is 0 Å². The van der Waals surface area contributed by atoms with E-state index in [4.69, 9.17) is 4.98 Å². The van der Waals surface area contributed by atoms with Crippen molar-refractivity contribution in [2.45, 2.75) is 43.9 Å². The third-order valence-electron chi connectivity index (χ3n) is 11.8. The molecule has 3 heterocycles. The van der Waals surface area contributed by atoms with Gasteiger partial charge < -0.3 is 4.57 Å². The summed E-state index contributed by atoms with van der Waals surface area (Å²) >= 11 is 0. The number of benzene rings is 5. The number of aromatic nitrogens is 4. The van der Waals surface area contributed by atoms with Gasteiger partial charge in [0, 0.05) is 22.1 Å². The molecule has 0 atom stereocenters. The first kappa shape index (κ1) is 24.5. The number of para-hydroxylation sites is 4. The van der Waals surface area contributed by atoms with Crippen LogP contribution in [0.25, 0.3) is 61.0 Å². The van der Waals surface area contributed by atoms with Crippen molar-refractivity contribution in [3.63, 3.8) is 0 Å². The fourth-order valence-electron chi connectivity index (χ4n) is 10.4. The van der Waals surface area contributed by atoms with Crippen LogP contribution in [0.5, 0.6) is 0 Å². The smallest absolute Gasteiger partial charge is 0.220 e. The fraction of sp³-hybridized carbons (Fsp3) is 0.244. The molecule has 8 aromatic rings. The van der Waals surface area contributed by atoms with Crippen LogP contribution in [-0.2, 0) is 5.41 Å². The zero-order chi connectivity index (χ0) is 29.3. The molecule has 4 aliphatic rings. The molecule has 0 saturated heterocycles. The van der Waals surface area contributed by atoms with Crippen molar-refractivity contribution < 1.29 is 0 Å². The van der Waals surface area contributed by atoms with Gasteiger partial charge in [-0.15, -0.1) is 0 Å². The van der Waals surface area contributed by atoms with Gasteiger partial charge in [-0.2, -0.15) is 0 Å². The maximum absolute atomic E-state index is 5.13. The van der Waals surface area contributed by atoms with Gasteiger partial charge >= 0.3 is 0 Å². The molecule has 0 amide bonds. The molecule has 5 aromatic carbocycles. The number of fused-ring (bicyclic) bond motifs is 8. The summed E-state index contributed by atoms with van der Waals surface area (Å²) in [7, 11) is 0. The average Bonchev–Trinajstić information content (AvgIpc) is 3.71. The summed E-state index contributed by atoms with van der Waals surface area (Å²) in [5.41, 5.74) is 11.3. The Morgan fingerprint density at radius 2 is 1.18 bits per heavy atom. The lowest BCUT2D eigenvalue weighted by molar-refractivity contribution is -0.00512. The minimum absolute atomic E-state index is 0.388. The highest BCUT2D eigenvalue weighted by Crippen LogP contribution is 2.61. The molecule has 0 aliphatic heterocycles. The third-order valence-corrected chi connectivity index (χ3v) is 11.8. The van der Waals surface area contributed by atoms with E-state index in [9.17, 15) is 0 Å². The molecule has 12 rings (SSSR count). The van der Waals surface area contributed by atoms with Crippen LogP contribution in [0.2, 0.25) is 0 Å². The largest absolute Gasteiger partial charge is 0.309 e. The van der Waals surface area contributed by atoms with Gasteiger partial charge in [-0.25, -0.2) is 4.98 Å². The minimum Gasteiger partial charge on any atom is -0.309 e. The van der Waals surface area contributed by atoms with Crippen LogP contribution in [0, 0.1) is 17.8 Å². The standard InChI is InChI=1S/C41H34N4/c1-2-8-30(9-3-1)44-38-17-15-31(22-39(38)45-37-13-7-5-11-34(37)42-40(44)45)43-35-12-6-4-10-32(35)33-21-29(14-16-36(33)43)41-23-26-18-27(24-41)20-28(19-26)25-41/h1-17,21-22,26-28H,18-20,23-25H2. The van der Waals surface area contributed by atoms with E-state index in [1.165, 1.54) is 66.0 Å². The Hall–Kier alpha value is -4.83. The summed E-state index contributed by atoms with van der Waals surface area (Å²) in [5, 5.41) is 2.73. The van der Waals surface area contributed by atoms with Crippen LogP contribution in [0.1, 0.15) is 44.1 Å². The van der Waals surface area contributed by atoms with Crippen LogP contribution in [0.3, 0.4) is 0 Å². The van der Waals surface area contributed by atoms with E-state index in [0.29, 0.717) is 5.41 Å². The lowest BCUT2D eigenvalue weighted by Crippen LogP contribution is -2.48. The van der Waals surface area contributed by atoms with E-state index in [-0.39, 0.29) is 0 Å². The highest BCUT2D eigenvalue weighted by Gasteiger charge is 2.51. The molecule has 4 nitrogen and oxygen atoms in total. The quantitative estimate of drug-likeness (QED) is 0.204. The molecular weight excluding hydrogens is 548 g/mol. The first-order chi connectivity index (χ1) is 22.2. The normalized spacial score (nSPS) is 24.2. The van der Waals surface area contributed by atoms with Crippen LogP contribution >= 0.6 is 0 Å². The molecule has 4 fully saturated rings. The Kier molecular flexibility index (Phi) is 4.71. The van der Waals surface area contributed by atoms with E-state index >= 15 is 0 Å². The van der Waals surface area contributed by atoms with E-state index in [2.05, 4.69) is 129 Å². The highest BCUT2D eigenvalue weighted by atomic mass is 15.2. The van der Waals surface area contributed by atoms with Gasteiger partial charge in [0.2, 0.25) is 5.78 Å². The lowest BCUT2D eigenvalue weighted by Gasteiger charge is -2.57. The van der Waals surface area contributed by atoms with Crippen molar-refractivity contribution >= 4 is 49.7 Å². The van der Waals surface area contributed by atoms with Crippen molar-refractivity contribution in [1.82, 2.24) is 18.5 Å². The van der Waals surface area contributed by atoms with Crippen molar-refractivity contribution in [2.75, 3.05) is 0 Å². The number of hydrogen-bond acceptors (Lipinski definition) is 1. The Morgan fingerprint density at radius 1 is 0.511 bits per heavy atom. The van der Waals surface area contributed by atoms with E-state index < -0.39 is 0 Å². The predicted molar refractivity (Wildman–Crippen MR) is 184 cm³/mol. The molecule has 0 radical (unpaired) electrons. The maximum atomic E-state index is 5.13. The summed E-state index contributed by atoms with van der Waals surface area (Å²) < 4.78 is 7.11. The van der Waals surface area contributed by atoms with Crippen LogP contribution < -0.4 is 0 Å². The predicted octanol–water partition coefficient (Wildman–Crippen LogP) is 10.00. The molecule has 218 valence electrons. The van der Waals surface area contributed by atoms with Crippen molar-refractivity contribution in [3.05, 3.63) is 121 Å². The molecular formula is C41H34N4. The summed E-state index contributed by atoms with van der Waals surface area (Å²) in [5.74, 6) is 3.77. The zero-order valence-electron chi connectivity index (χ0n) is 25.2. The fourth-order valence-corrected chi connectivity index (χ4v) is 10.4. The SMILES string of the molecule is c1ccc(-n2c3ccc(-n4c5ccccc5c5cc(C67CC8CC(CC(C8)C6)C7)ccc54)cc3n3c4ccccc4nc23)cc1.